The summed E-state index contributed by atoms with van der Waals surface area (Å²) in [7, 11) is 1.86. The van der Waals surface area contributed by atoms with E-state index in [2.05, 4.69) is 21.7 Å². The van der Waals surface area contributed by atoms with E-state index >= 15 is 0 Å². The minimum atomic E-state index is -0.346. The topological polar surface area (TPSA) is 82.7 Å². The average Bonchev–Trinajstić information content (AvgIpc) is 2.93. The van der Waals surface area contributed by atoms with Crippen molar-refractivity contribution in [1.82, 2.24) is 14.9 Å². The summed E-state index contributed by atoms with van der Waals surface area (Å²) >= 11 is 1.34. The Balaban J connectivity index is 1.95. The number of aryl methyl sites for hydroxylation is 2. The van der Waals surface area contributed by atoms with E-state index in [0.29, 0.717) is 17.1 Å². The smallest absolute Gasteiger partial charge is 0.320 e. The predicted octanol–water partition coefficient (Wildman–Crippen LogP) is 1.98. The number of urea groups is 1. The Bertz CT molecular complexity index is 637. The highest BCUT2D eigenvalue weighted by Crippen LogP contribution is 2.26. The molecule has 7 heteroatoms. The van der Waals surface area contributed by atoms with Gasteiger partial charge in [-0.1, -0.05) is 0 Å². The van der Waals surface area contributed by atoms with Crippen molar-refractivity contribution >= 4 is 22.4 Å². The van der Waals surface area contributed by atoms with Crippen LogP contribution in [0.5, 0.6) is 0 Å². The van der Waals surface area contributed by atoms with Crippen LogP contribution in [0.2, 0.25) is 0 Å². The van der Waals surface area contributed by atoms with Gasteiger partial charge in [0.15, 0.2) is 0 Å². The molecule has 6 nitrogen and oxygen atoms in total. The molecule has 0 bridgehead atoms. The van der Waals surface area contributed by atoms with E-state index in [-0.39, 0.29) is 6.03 Å². The molecule has 0 aliphatic carbocycles. The van der Waals surface area contributed by atoms with Crippen molar-refractivity contribution < 1.29 is 4.79 Å². The molecule has 2 heterocycles. The van der Waals surface area contributed by atoms with Crippen LogP contribution in [0.3, 0.4) is 0 Å². The number of anilines is 1. The van der Waals surface area contributed by atoms with Gasteiger partial charge >= 0.3 is 6.03 Å². The fourth-order valence-corrected chi connectivity index (χ4v) is 2.44. The van der Waals surface area contributed by atoms with E-state index in [4.69, 9.17) is 5.26 Å². The molecule has 0 aliphatic rings. The molecule has 0 saturated carbocycles. The highest BCUT2D eigenvalue weighted by Gasteiger charge is 2.11. The molecule has 2 rings (SSSR count). The maximum absolute atomic E-state index is 11.7. The lowest BCUT2D eigenvalue weighted by molar-refractivity contribution is 0.251. The van der Waals surface area contributed by atoms with Gasteiger partial charge in [-0.25, -0.2) is 9.78 Å². The molecule has 0 unspecified atom stereocenters. The number of amides is 2. The Labute approximate surface area is 114 Å². The Morgan fingerprint density at radius 3 is 3.05 bits per heavy atom. The van der Waals surface area contributed by atoms with Crippen molar-refractivity contribution in [2.24, 2.45) is 7.05 Å². The van der Waals surface area contributed by atoms with Crippen LogP contribution in [0.15, 0.2) is 17.8 Å². The number of aromatic nitrogens is 2. The van der Waals surface area contributed by atoms with Crippen molar-refractivity contribution in [2.45, 2.75) is 13.5 Å². The van der Waals surface area contributed by atoms with Crippen LogP contribution in [0, 0.1) is 18.3 Å². The molecule has 0 spiro atoms. The largest absolute Gasteiger partial charge is 0.337 e. The second kappa shape index (κ2) is 5.54. The maximum Gasteiger partial charge on any atom is 0.320 e. The molecular formula is C12H13N5OS. The van der Waals surface area contributed by atoms with Gasteiger partial charge in [0.25, 0.3) is 0 Å². The molecule has 0 radical (unpaired) electrons. The van der Waals surface area contributed by atoms with Gasteiger partial charge in [-0.15, -0.1) is 11.3 Å². The number of hydrogen-bond donors (Lipinski definition) is 2. The Hall–Kier alpha value is -2.33. The Morgan fingerprint density at radius 1 is 1.63 bits per heavy atom. The molecule has 19 heavy (non-hydrogen) atoms. The number of rotatable bonds is 3. The van der Waals surface area contributed by atoms with E-state index < -0.39 is 0 Å². The number of imidazole rings is 1. The number of carbonyl (C=O) groups excluding carboxylic acids is 1. The van der Waals surface area contributed by atoms with Gasteiger partial charge < -0.3 is 9.88 Å². The monoisotopic (exact) mass is 275 g/mol. The van der Waals surface area contributed by atoms with Crippen molar-refractivity contribution in [3.63, 3.8) is 0 Å². The zero-order valence-corrected chi connectivity index (χ0v) is 11.4. The first-order valence-electron chi connectivity index (χ1n) is 5.61. The van der Waals surface area contributed by atoms with Crippen LogP contribution in [-0.2, 0) is 13.6 Å². The van der Waals surface area contributed by atoms with Gasteiger partial charge in [0.2, 0.25) is 0 Å². The zero-order chi connectivity index (χ0) is 13.8. The lowest BCUT2D eigenvalue weighted by Gasteiger charge is -2.06. The summed E-state index contributed by atoms with van der Waals surface area (Å²) in [5.41, 5.74) is 1.38. The van der Waals surface area contributed by atoms with E-state index in [0.717, 1.165) is 11.4 Å². The van der Waals surface area contributed by atoms with Crippen molar-refractivity contribution in [3.05, 3.63) is 34.7 Å². The number of thiophene rings is 1. The first kappa shape index (κ1) is 13.1. The third-order valence-electron chi connectivity index (χ3n) is 2.64. The van der Waals surface area contributed by atoms with Crippen molar-refractivity contribution in [3.8, 4) is 6.07 Å². The highest BCUT2D eigenvalue weighted by atomic mass is 32.1. The SMILES string of the molecule is Cc1csc(NC(=O)NCc2nccn2C)c1C#N. The average molecular weight is 275 g/mol. The molecular weight excluding hydrogens is 262 g/mol. The molecule has 0 aliphatic heterocycles. The van der Waals surface area contributed by atoms with Crippen molar-refractivity contribution in [2.75, 3.05) is 5.32 Å². The number of carbonyl (C=O) groups is 1. The first-order chi connectivity index (χ1) is 9.11. The number of nitrogens with one attached hydrogen (secondary N) is 2. The quantitative estimate of drug-likeness (QED) is 0.898. The van der Waals surface area contributed by atoms with Crippen LogP contribution in [-0.4, -0.2) is 15.6 Å². The van der Waals surface area contributed by atoms with Gasteiger partial charge in [-0.05, 0) is 17.9 Å². The fraction of sp³-hybridized carbons (Fsp3) is 0.250. The third kappa shape index (κ3) is 2.92. The number of hydrogen-bond acceptors (Lipinski definition) is 4. The second-order valence-corrected chi connectivity index (χ2v) is 4.88. The lowest BCUT2D eigenvalue weighted by atomic mass is 10.2. The highest BCUT2D eigenvalue weighted by molar-refractivity contribution is 7.14. The lowest BCUT2D eigenvalue weighted by Crippen LogP contribution is -2.29. The molecule has 2 amide bonds. The summed E-state index contributed by atoms with van der Waals surface area (Å²) < 4.78 is 1.83. The standard InChI is InChI=1S/C12H13N5OS/c1-8-7-19-11(9(8)5-13)16-12(18)15-6-10-14-3-4-17(10)2/h3-4,7H,6H2,1-2H3,(H2,15,16,18). The molecule has 2 N–H and O–H groups in total. The van der Waals surface area contributed by atoms with Crippen LogP contribution >= 0.6 is 11.3 Å². The van der Waals surface area contributed by atoms with Crippen LogP contribution in [0.25, 0.3) is 0 Å². The molecule has 0 aromatic carbocycles. The van der Waals surface area contributed by atoms with Crippen molar-refractivity contribution in [1.29, 1.82) is 5.26 Å². The molecule has 2 aromatic rings. The molecule has 0 saturated heterocycles. The first-order valence-corrected chi connectivity index (χ1v) is 6.49. The molecule has 0 atom stereocenters. The van der Waals surface area contributed by atoms with Gasteiger partial charge in [0.05, 0.1) is 12.1 Å². The van der Waals surface area contributed by atoms with Gasteiger partial charge in [0.1, 0.15) is 16.9 Å². The zero-order valence-electron chi connectivity index (χ0n) is 10.6. The maximum atomic E-state index is 11.7. The predicted molar refractivity (Wildman–Crippen MR) is 72.8 cm³/mol. The van der Waals surface area contributed by atoms with E-state index in [1.165, 1.54) is 11.3 Å². The Morgan fingerprint density at radius 2 is 2.42 bits per heavy atom. The van der Waals surface area contributed by atoms with Gasteiger partial charge in [-0.2, -0.15) is 5.26 Å². The number of nitrogens with zero attached hydrogens (tertiary/aromatic N) is 3. The summed E-state index contributed by atoms with van der Waals surface area (Å²) in [5, 5.41) is 16.8. The summed E-state index contributed by atoms with van der Waals surface area (Å²) in [4.78, 5) is 15.8. The van der Waals surface area contributed by atoms with Gasteiger partial charge in [-0.3, -0.25) is 5.32 Å². The second-order valence-electron chi connectivity index (χ2n) is 4.00. The van der Waals surface area contributed by atoms with E-state index in [1.807, 2.05) is 30.1 Å². The molecule has 0 fully saturated rings. The minimum absolute atomic E-state index is 0.335. The van der Waals surface area contributed by atoms with Crippen LogP contribution in [0.1, 0.15) is 17.0 Å². The van der Waals surface area contributed by atoms with Gasteiger partial charge in [0, 0.05) is 19.4 Å². The molecule has 2 aromatic heterocycles. The van der Waals surface area contributed by atoms with Crippen LogP contribution in [0.4, 0.5) is 9.80 Å². The van der Waals surface area contributed by atoms with E-state index in [1.54, 1.807) is 6.20 Å². The fourth-order valence-electron chi connectivity index (χ4n) is 1.55. The summed E-state index contributed by atoms with van der Waals surface area (Å²) in [6, 6.07) is 1.73. The number of nitriles is 1. The van der Waals surface area contributed by atoms with E-state index in [9.17, 15) is 4.79 Å². The normalized spacial score (nSPS) is 9.95. The minimum Gasteiger partial charge on any atom is -0.337 e. The summed E-state index contributed by atoms with van der Waals surface area (Å²) in [6.07, 6.45) is 3.48. The Kier molecular flexibility index (Phi) is 3.82. The third-order valence-corrected chi connectivity index (χ3v) is 3.66. The summed E-state index contributed by atoms with van der Waals surface area (Å²) in [6.45, 7) is 2.17. The molecule has 98 valence electrons. The summed E-state index contributed by atoms with van der Waals surface area (Å²) in [5.74, 6) is 0.762. The van der Waals surface area contributed by atoms with Crippen LogP contribution < -0.4 is 10.6 Å².